The fourth-order valence-corrected chi connectivity index (χ4v) is 2.27. The van der Waals surface area contributed by atoms with E-state index in [4.69, 9.17) is 11.6 Å². The van der Waals surface area contributed by atoms with Gasteiger partial charge in [-0.05, 0) is 42.7 Å². The number of anilines is 1. The summed E-state index contributed by atoms with van der Waals surface area (Å²) in [5.74, 6) is 0. The van der Waals surface area contributed by atoms with Crippen molar-refractivity contribution in [3.05, 3.63) is 64.7 Å². The maximum atomic E-state index is 12.1. The molecule has 1 unspecified atom stereocenters. The third-order valence-corrected chi connectivity index (χ3v) is 3.63. The van der Waals surface area contributed by atoms with Gasteiger partial charge in [-0.2, -0.15) is 0 Å². The molecule has 1 atom stereocenters. The van der Waals surface area contributed by atoms with Gasteiger partial charge in [-0.15, -0.1) is 0 Å². The van der Waals surface area contributed by atoms with Gasteiger partial charge in [0.1, 0.15) is 0 Å². The SMILES string of the molecule is CCC(NC(=O)Nc1ccccc1C)c1ccc(Cl)cc1. The lowest BCUT2D eigenvalue weighted by atomic mass is 10.1. The van der Waals surface area contributed by atoms with Crippen molar-refractivity contribution in [2.45, 2.75) is 26.3 Å². The number of nitrogens with one attached hydrogen (secondary N) is 2. The van der Waals surface area contributed by atoms with Crippen LogP contribution in [-0.2, 0) is 0 Å². The van der Waals surface area contributed by atoms with Gasteiger partial charge in [-0.1, -0.05) is 48.9 Å². The maximum absolute atomic E-state index is 12.1. The van der Waals surface area contributed by atoms with Crippen LogP contribution in [0.1, 0.15) is 30.5 Å². The Labute approximate surface area is 130 Å². The zero-order chi connectivity index (χ0) is 15.2. The lowest BCUT2D eigenvalue weighted by molar-refractivity contribution is 0.248. The first-order chi connectivity index (χ1) is 10.1. The van der Waals surface area contributed by atoms with E-state index in [-0.39, 0.29) is 12.1 Å². The average Bonchev–Trinajstić information content (AvgIpc) is 2.48. The molecule has 0 bridgehead atoms. The van der Waals surface area contributed by atoms with E-state index in [0.717, 1.165) is 23.2 Å². The van der Waals surface area contributed by atoms with Crippen LogP contribution in [0.5, 0.6) is 0 Å². The van der Waals surface area contributed by atoms with Gasteiger partial charge >= 0.3 is 6.03 Å². The van der Waals surface area contributed by atoms with Crippen LogP contribution in [-0.4, -0.2) is 6.03 Å². The van der Waals surface area contributed by atoms with Gasteiger partial charge in [-0.25, -0.2) is 4.79 Å². The van der Waals surface area contributed by atoms with E-state index >= 15 is 0 Å². The molecule has 0 heterocycles. The Hall–Kier alpha value is -2.00. The Morgan fingerprint density at radius 3 is 2.43 bits per heavy atom. The molecule has 21 heavy (non-hydrogen) atoms. The van der Waals surface area contributed by atoms with Gasteiger partial charge in [0.25, 0.3) is 0 Å². The Bertz CT molecular complexity index is 610. The number of aryl methyl sites for hydroxylation is 1. The van der Waals surface area contributed by atoms with Crippen molar-refractivity contribution in [3.63, 3.8) is 0 Å². The summed E-state index contributed by atoms with van der Waals surface area (Å²) in [6.45, 7) is 4.00. The zero-order valence-corrected chi connectivity index (χ0v) is 12.9. The lowest BCUT2D eigenvalue weighted by Gasteiger charge is -2.18. The summed E-state index contributed by atoms with van der Waals surface area (Å²) in [5.41, 5.74) is 2.90. The normalized spacial score (nSPS) is 11.8. The van der Waals surface area contributed by atoms with Crippen molar-refractivity contribution in [1.82, 2.24) is 5.32 Å². The van der Waals surface area contributed by atoms with E-state index in [2.05, 4.69) is 10.6 Å². The third kappa shape index (κ3) is 4.23. The summed E-state index contributed by atoms with van der Waals surface area (Å²) in [6.07, 6.45) is 0.808. The number of carbonyl (C=O) groups excluding carboxylic acids is 1. The Balaban J connectivity index is 2.03. The molecule has 4 heteroatoms. The summed E-state index contributed by atoms with van der Waals surface area (Å²) < 4.78 is 0. The summed E-state index contributed by atoms with van der Waals surface area (Å²) in [7, 11) is 0. The molecule has 2 N–H and O–H groups in total. The minimum atomic E-state index is -0.203. The van der Waals surface area contributed by atoms with Crippen molar-refractivity contribution in [3.8, 4) is 0 Å². The third-order valence-electron chi connectivity index (χ3n) is 3.38. The molecule has 2 amide bonds. The number of halogens is 1. The van der Waals surface area contributed by atoms with Gasteiger partial charge < -0.3 is 10.6 Å². The second-order valence-corrected chi connectivity index (χ2v) is 5.36. The van der Waals surface area contributed by atoms with Crippen molar-refractivity contribution < 1.29 is 4.79 Å². The molecule has 2 aromatic rings. The topological polar surface area (TPSA) is 41.1 Å². The molecular formula is C17H19ClN2O. The minimum absolute atomic E-state index is 0.0358. The van der Waals surface area contributed by atoms with E-state index < -0.39 is 0 Å². The standard InChI is InChI=1S/C17H19ClN2O/c1-3-15(13-8-10-14(18)11-9-13)19-17(21)20-16-7-5-4-6-12(16)2/h4-11,15H,3H2,1-2H3,(H2,19,20,21). The Morgan fingerprint density at radius 2 is 1.81 bits per heavy atom. The predicted molar refractivity (Wildman–Crippen MR) is 87.8 cm³/mol. The number of urea groups is 1. The van der Waals surface area contributed by atoms with E-state index in [1.807, 2.05) is 62.4 Å². The molecule has 2 aromatic carbocycles. The molecule has 0 fully saturated rings. The second kappa shape index (κ2) is 7.14. The molecule has 3 nitrogen and oxygen atoms in total. The second-order valence-electron chi connectivity index (χ2n) is 4.93. The highest BCUT2D eigenvalue weighted by molar-refractivity contribution is 6.30. The molecule has 0 saturated carbocycles. The molecule has 0 aromatic heterocycles. The summed E-state index contributed by atoms with van der Waals surface area (Å²) in [6, 6.07) is 15.0. The van der Waals surface area contributed by atoms with Crippen LogP contribution in [0, 0.1) is 6.92 Å². The fraction of sp³-hybridized carbons (Fsp3) is 0.235. The monoisotopic (exact) mass is 302 g/mol. The number of rotatable bonds is 4. The molecular weight excluding hydrogens is 284 g/mol. The van der Waals surface area contributed by atoms with E-state index in [1.54, 1.807) is 0 Å². The van der Waals surface area contributed by atoms with Gasteiger partial charge in [0.05, 0.1) is 6.04 Å². The van der Waals surface area contributed by atoms with E-state index in [9.17, 15) is 4.79 Å². The number of hydrogen-bond acceptors (Lipinski definition) is 1. The van der Waals surface area contributed by atoms with Crippen LogP contribution in [0.4, 0.5) is 10.5 Å². The molecule has 0 radical (unpaired) electrons. The first kappa shape index (κ1) is 15.4. The van der Waals surface area contributed by atoms with Crippen LogP contribution < -0.4 is 10.6 Å². The van der Waals surface area contributed by atoms with Crippen molar-refractivity contribution >= 4 is 23.3 Å². The molecule has 0 aliphatic rings. The van der Waals surface area contributed by atoms with E-state index in [1.165, 1.54) is 0 Å². The van der Waals surface area contributed by atoms with Crippen LogP contribution in [0.3, 0.4) is 0 Å². The summed E-state index contributed by atoms with van der Waals surface area (Å²) in [5, 5.41) is 6.56. The Kier molecular flexibility index (Phi) is 5.23. The molecule has 2 rings (SSSR count). The summed E-state index contributed by atoms with van der Waals surface area (Å²) in [4.78, 5) is 12.1. The van der Waals surface area contributed by atoms with Crippen LogP contribution in [0.25, 0.3) is 0 Å². The maximum Gasteiger partial charge on any atom is 0.319 e. The number of benzene rings is 2. The van der Waals surface area contributed by atoms with Crippen LogP contribution in [0.15, 0.2) is 48.5 Å². The quantitative estimate of drug-likeness (QED) is 0.827. The van der Waals surface area contributed by atoms with Crippen molar-refractivity contribution in [2.24, 2.45) is 0 Å². The van der Waals surface area contributed by atoms with Crippen LogP contribution >= 0.6 is 11.6 Å². The molecule has 0 saturated heterocycles. The number of amides is 2. The van der Waals surface area contributed by atoms with Crippen molar-refractivity contribution in [2.75, 3.05) is 5.32 Å². The molecule has 0 aliphatic heterocycles. The number of hydrogen-bond donors (Lipinski definition) is 2. The predicted octanol–water partition coefficient (Wildman–Crippen LogP) is 4.92. The average molecular weight is 303 g/mol. The highest BCUT2D eigenvalue weighted by Crippen LogP contribution is 2.20. The molecule has 0 aliphatic carbocycles. The number of para-hydroxylation sites is 1. The summed E-state index contributed by atoms with van der Waals surface area (Å²) >= 11 is 5.89. The van der Waals surface area contributed by atoms with Gasteiger partial charge in [0.15, 0.2) is 0 Å². The first-order valence-corrected chi connectivity index (χ1v) is 7.36. The smallest absolute Gasteiger partial charge is 0.319 e. The largest absolute Gasteiger partial charge is 0.331 e. The number of carbonyl (C=O) groups is 1. The van der Waals surface area contributed by atoms with Crippen molar-refractivity contribution in [1.29, 1.82) is 0 Å². The van der Waals surface area contributed by atoms with Crippen LogP contribution in [0.2, 0.25) is 5.02 Å². The molecule has 110 valence electrons. The first-order valence-electron chi connectivity index (χ1n) is 6.98. The highest BCUT2D eigenvalue weighted by Gasteiger charge is 2.13. The fourth-order valence-electron chi connectivity index (χ4n) is 2.15. The Morgan fingerprint density at radius 1 is 1.14 bits per heavy atom. The van der Waals surface area contributed by atoms with E-state index in [0.29, 0.717) is 5.02 Å². The van der Waals surface area contributed by atoms with Gasteiger partial charge in [-0.3, -0.25) is 0 Å². The highest BCUT2D eigenvalue weighted by atomic mass is 35.5. The van der Waals surface area contributed by atoms with Gasteiger partial charge in [0.2, 0.25) is 0 Å². The minimum Gasteiger partial charge on any atom is -0.331 e. The zero-order valence-electron chi connectivity index (χ0n) is 12.2. The molecule has 0 spiro atoms. The lowest BCUT2D eigenvalue weighted by Crippen LogP contribution is -2.32. The van der Waals surface area contributed by atoms with Gasteiger partial charge in [0, 0.05) is 10.7 Å².